The number of hydrogen-bond acceptors (Lipinski definition) is 9. The van der Waals surface area contributed by atoms with Crippen LogP contribution in [-0.4, -0.2) is 71.9 Å². The van der Waals surface area contributed by atoms with E-state index >= 15 is 0 Å². The predicted molar refractivity (Wildman–Crippen MR) is 183 cm³/mol. The number of halogens is 1. The number of carbonyl (C=O) groups excluding carboxylic acids is 3. The van der Waals surface area contributed by atoms with E-state index in [9.17, 15) is 22.8 Å². The van der Waals surface area contributed by atoms with E-state index in [1.807, 2.05) is 20.8 Å². The third-order valence-corrected chi connectivity index (χ3v) is 11.7. The van der Waals surface area contributed by atoms with Gasteiger partial charge in [-0.05, 0) is 48.8 Å². The average molecular weight is 705 g/mol. The van der Waals surface area contributed by atoms with Crippen LogP contribution in [0.4, 0.5) is 0 Å². The minimum atomic E-state index is -3.83. The van der Waals surface area contributed by atoms with Gasteiger partial charge < -0.3 is 20.1 Å². The molecule has 5 rings (SSSR count). The fourth-order valence-electron chi connectivity index (χ4n) is 6.48. The number of rotatable bonds is 13. The number of Topliss-reactive ketones (excluding diaryl/α,β-unsaturated/α-hetero) is 1. The van der Waals surface area contributed by atoms with Crippen molar-refractivity contribution >= 4 is 67.2 Å². The number of likely N-dealkylation sites (tertiary alicyclic amines) is 1. The third-order valence-electron chi connectivity index (χ3n) is 9.50. The quantitative estimate of drug-likeness (QED) is 0.227. The molecule has 2 amide bonds. The van der Waals surface area contributed by atoms with Gasteiger partial charge in [0, 0.05) is 41.0 Å². The van der Waals surface area contributed by atoms with E-state index in [2.05, 4.69) is 16.3 Å². The van der Waals surface area contributed by atoms with E-state index in [1.54, 1.807) is 24.3 Å². The first kappa shape index (κ1) is 35.0. The van der Waals surface area contributed by atoms with Crippen LogP contribution >= 0.6 is 23.8 Å². The van der Waals surface area contributed by atoms with Crippen molar-refractivity contribution in [1.82, 2.24) is 14.6 Å². The zero-order chi connectivity index (χ0) is 34.5. The number of benzene rings is 1. The number of ether oxygens (including phenoxy) is 2. The van der Waals surface area contributed by atoms with Gasteiger partial charge in [0.15, 0.2) is 5.78 Å². The first-order valence-electron chi connectivity index (χ1n) is 15.6. The Bertz CT molecular complexity index is 1740. The van der Waals surface area contributed by atoms with Gasteiger partial charge in [-0.25, -0.2) is 13.4 Å². The zero-order valence-corrected chi connectivity index (χ0v) is 29.3. The number of fused-ring (bicyclic) bond motifs is 1. The summed E-state index contributed by atoms with van der Waals surface area (Å²) in [7, 11) is -2.29. The van der Waals surface area contributed by atoms with Crippen LogP contribution in [0.2, 0.25) is 5.02 Å². The van der Waals surface area contributed by atoms with Gasteiger partial charge in [-0.1, -0.05) is 50.7 Å². The van der Waals surface area contributed by atoms with E-state index in [0.29, 0.717) is 29.0 Å². The Morgan fingerprint density at radius 2 is 1.98 bits per heavy atom. The first-order valence-corrected chi connectivity index (χ1v) is 17.9. The molecule has 14 heteroatoms. The van der Waals surface area contributed by atoms with E-state index in [4.69, 9.17) is 39.0 Å². The summed E-state index contributed by atoms with van der Waals surface area (Å²) in [6, 6.07) is 4.28. The van der Waals surface area contributed by atoms with Gasteiger partial charge in [-0.15, -0.1) is 6.58 Å². The summed E-state index contributed by atoms with van der Waals surface area (Å²) in [4.78, 5) is 48.0. The average Bonchev–Trinajstić information content (AvgIpc) is 3.92. The molecule has 3 N–H and O–H groups in total. The lowest BCUT2D eigenvalue weighted by atomic mass is 9.77. The van der Waals surface area contributed by atoms with Gasteiger partial charge in [0.05, 0.1) is 41.5 Å². The summed E-state index contributed by atoms with van der Waals surface area (Å²) in [6.07, 6.45) is 3.74. The number of nitrogens with zero attached hydrogens (tertiary/aromatic N) is 2. The third kappa shape index (κ3) is 7.26. The number of sulfonamides is 1. The van der Waals surface area contributed by atoms with Crippen LogP contribution in [0.15, 0.2) is 37.1 Å². The van der Waals surface area contributed by atoms with Crippen molar-refractivity contribution in [2.45, 2.75) is 76.7 Å². The predicted octanol–water partition coefficient (Wildman–Crippen LogP) is 4.34. The number of nitrogens with two attached hydrogens (primary N) is 1. The van der Waals surface area contributed by atoms with Gasteiger partial charge in [0.25, 0.3) is 0 Å². The van der Waals surface area contributed by atoms with Crippen molar-refractivity contribution in [3.05, 3.63) is 42.1 Å². The number of allylic oxidation sites excluding steroid dienone is 1. The molecule has 3 fully saturated rings. The van der Waals surface area contributed by atoms with Gasteiger partial charge in [0.1, 0.15) is 11.9 Å². The summed E-state index contributed by atoms with van der Waals surface area (Å²) in [5, 5.41) is 1.20. The standard InChI is InChI=1S/C33H41ClN4O7S2/c1-6-18-14-33(18,31(41)37-47(42,43)21-8-9-21)15-26(39)25-12-20(17-38(25)30(40)24(13-28(35)46)32(2,3)4)45-29-23-11-19(34)7-10-22(23)27(44-5)16-36-29/h6-7,10-11,16,18,20-21,24-25H,1,8-9,12-15,17H2,2-5H3,(H2,35,46)(H,37,41)/t18-,20-,24-,25+,33-/m1/s1. The summed E-state index contributed by atoms with van der Waals surface area (Å²) in [6.45, 7) is 9.58. The molecule has 5 atom stereocenters. The number of ketones is 1. The van der Waals surface area contributed by atoms with Crippen LogP contribution in [0.1, 0.15) is 59.3 Å². The van der Waals surface area contributed by atoms with Gasteiger partial charge in [0.2, 0.25) is 27.7 Å². The molecule has 2 saturated carbocycles. The highest BCUT2D eigenvalue weighted by atomic mass is 35.5. The highest BCUT2D eigenvalue weighted by Gasteiger charge is 2.61. The molecule has 47 heavy (non-hydrogen) atoms. The maximum Gasteiger partial charge on any atom is 0.240 e. The summed E-state index contributed by atoms with van der Waals surface area (Å²) < 4.78 is 39.3. The molecule has 0 bridgehead atoms. The molecule has 3 aliphatic rings. The fraction of sp³-hybridized carbons (Fsp3) is 0.545. The smallest absolute Gasteiger partial charge is 0.240 e. The molecule has 0 spiro atoms. The van der Waals surface area contributed by atoms with E-state index in [1.165, 1.54) is 18.2 Å². The van der Waals surface area contributed by atoms with E-state index in [-0.39, 0.29) is 60.7 Å². The lowest BCUT2D eigenvalue weighted by molar-refractivity contribution is -0.144. The second-order valence-electron chi connectivity index (χ2n) is 13.9. The Labute approximate surface area is 285 Å². The molecule has 2 aliphatic carbocycles. The minimum Gasteiger partial charge on any atom is -0.494 e. The van der Waals surface area contributed by atoms with E-state index in [0.717, 1.165) is 5.39 Å². The summed E-state index contributed by atoms with van der Waals surface area (Å²) in [5.74, 6) is -1.61. The fourth-order valence-corrected chi connectivity index (χ4v) is 8.21. The van der Waals surface area contributed by atoms with Crippen molar-refractivity contribution in [2.24, 2.45) is 28.4 Å². The number of carbonyl (C=O) groups is 3. The molecule has 0 radical (unpaired) electrons. The maximum absolute atomic E-state index is 14.3. The Balaban J connectivity index is 1.45. The SMILES string of the molecule is C=C[C@@H]1C[C@]1(CC(=O)[C@@H]1C[C@@H](Oc2ncc(OC)c3ccc(Cl)cc23)CN1C(=O)[C@@H](CC(N)=S)C(C)(C)C)C(=O)NS(=O)(=O)C1CC1. The molecule has 1 saturated heterocycles. The largest absolute Gasteiger partial charge is 0.494 e. The summed E-state index contributed by atoms with van der Waals surface area (Å²) in [5.41, 5.74) is 4.10. The molecule has 0 unspecified atom stereocenters. The highest BCUT2D eigenvalue weighted by Crippen LogP contribution is 2.57. The maximum atomic E-state index is 14.3. The molecule has 2 aromatic rings. The molecular weight excluding hydrogens is 664 g/mol. The molecule has 1 aliphatic heterocycles. The number of hydrogen-bond donors (Lipinski definition) is 2. The Kier molecular flexibility index (Phi) is 9.66. The van der Waals surface area contributed by atoms with Gasteiger partial charge in [-0.2, -0.15) is 0 Å². The number of nitrogens with one attached hydrogen (secondary N) is 1. The van der Waals surface area contributed by atoms with Gasteiger partial charge >= 0.3 is 0 Å². The lowest BCUT2D eigenvalue weighted by Crippen LogP contribution is -2.48. The summed E-state index contributed by atoms with van der Waals surface area (Å²) >= 11 is 11.5. The molecule has 254 valence electrons. The molecule has 1 aromatic heterocycles. The Hall–Kier alpha value is -3.29. The zero-order valence-electron chi connectivity index (χ0n) is 27.0. The number of thiocarbonyl (C=S) groups is 1. The molecular formula is C33H41ClN4O7S2. The number of pyridine rings is 1. The minimum absolute atomic E-state index is 0.0645. The molecule has 11 nitrogen and oxygen atoms in total. The monoisotopic (exact) mass is 704 g/mol. The normalized spacial score (nSPS) is 24.8. The van der Waals surface area contributed by atoms with Crippen molar-refractivity contribution in [3.63, 3.8) is 0 Å². The molecule has 2 heterocycles. The van der Waals surface area contributed by atoms with Crippen LogP contribution in [0.5, 0.6) is 11.6 Å². The number of aromatic nitrogens is 1. The highest BCUT2D eigenvalue weighted by molar-refractivity contribution is 7.91. The van der Waals surface area contributed by atoms with Crippen molar-refractivity contribution < 1.29 is 32.3 Å². The van der Waals surface area contributed by atoms with E-state index < -0.39 is 50.1 Å². The Morgan fingerprint density at radius 3 is 2.55 bits per heavy atom. The van der Waals surface area contributed by atoms with Crippen LogP contribution < -0.4 is 19.9 Å². The number of amides is 2. The van der Waals surface area contributed by atoms with Crippen LogP contribution in [-0.2, 0) is 24.4 Å². The van der Waals surface area contributed by atoms with Crippen molar-refractivity contribution in [2.75, 3.05) is 13.7 Å². The topological polar surface area (TPSA) is 158 Å². The van der Waals surface area contributed by atoms with Crippen molar-refractivity contribution in [3.8, 4) is 11.6 Å². The second kappa shape index (κ2) is 13.0. The van der Waals surface area contributed by atoms with Crippen LogP contribution in [0.25, 0.3) is 10.8 Å². The van der Waals surface area contributed by atoms with Crippen LogP contribution in [0.3, 0.4) is 0 Å². The second-order valence-corrected chi connectivity index (χ2v) is 16.8. The Morgan fingerprint density at radius 1 is 1.28 bits per heavy atom. The number of methoxy groups -OCH3 is 1. The van der Waals surface area contributed by atoms with Gasteiger partial charge in [-0.3, -0.25) is 19.1 Å². The first-order chi connectivity index (χ1) is 22.0. The molecule has 1 aromatic carbocycles. The van der Waals surface area contributed by atoms with Crippen molar-refractivity contribution in [1.29, 1.82) is 0 Å². The lowest BCUT2D eigenvalue weighted by Gasteiger charge is -2.35. The van der Waals surface area contributed by atoms with Crippen LogP contribution in [0, 0.1) is 22.7 Å².